The SMILES string of the molecule is COc1cccc(CC(=O)NC2(C#N)CCCC2)c1. The maximum atomic E-state index is 12.0. The first-order valence-electron chi connectivity index (χ1n) is 6.53. The molecule has 1 N–H and O–H groups in total. The van der Waals surface area contributed by atoms with Gasteiger partial charge < -0.3 is 10.1 Å². The Bertz CT molecular complexity index is 499. The van der Waals surface area contributed by atoms with Crippen molar-refractivity contribution in [3.8, 4) is 11.8 Å². The van der Waals surface area contributed by atoms with E-state index >= 15 is 0 Å². The molecular weight excluding hydrogens is 240 g/mol. The van der Waals surface area contributed by atoms with Gasteiger partial charge in [-0.15, -0.1) is 0 Å². The summed E-state index contributed by atoms with van der Waals surface area (Å²) in [5, 5.41) is 12.1. The second-order valence-electron chi connectivity index (χ2n) is 4.98. The molecule has 4 heteroatoms. The van der Waals surface area contributed by atoms with E-state index in [9.17, 15) is 10.1 Å². The predicted octanol–water partition coefficient (Wildman–Crippen LogP) is 2.19. The number of nitrogens with zero attached hydrogens (tertiary/aromatic N) is 1. The van der Waals surface area contributed by atoms with Crippen molar-refractivity contribution in [2.75, 3.05) is 7.11 Å². The molecule has 0 unspecified atom stereocenters. The Balaban J connectivity index is 1.99. The molecule has 0 heterocycles. The van der Waals surface area contributed by atoms with Crippen LogP contribution in [0.4, 0.5) is 0 Å². The van der Waals surface area contributed by atoms with Gasteiger partial charge in [0.2, 0.25) is 5.91 Å². The third-order valence-corrected chi connectivity index (χ3v) is 3.55. The van der Waals surface area contributed by atoms with Crippen molar-refractivity contribution in [1.82, 2.24) is 5.32 Å². The quantitative estimate of drug-likeness (QED) is 0.900. The molecule has 0 aliphatic heterocycles. The Morgan fingerprint density at radius 2 is 2.21 bits per heavy atom. The third kappa shape index (κ3) is 3.25. The number of benzene rings is 1. The molecule has 0 saturated heterocycles. The average Bonchev–Trinajstić information content (AvgIpc) is 2.88. The summed E-state index contributed by atoms with van der Waals surface area (Å²) in [5.74, 6) is 0.637. The van der Waals surface area contributed by atoms with Gasteiger partial charge in [-0.2, -0.15) is 5.26 Å². The molecular formula is C15H18N2O2. The maximum absolute atomic E-state index is 12.0. The lowest BCUT2D eigenvalue weighted by Gasteiger charge is -2.22. The van der Waals surface area contributed by atoms with Crippen LogP contribution in [0.2, 0.25) is 0 Å². The minimum absolute atomic E-state index is 0.100. The molecule has 4 nitrogen and oxygen atoms in total. The molecule has 1 saturated carbocycles. The Morgan fingerprint density at radius 1 is 1.47 bits per heavy atom. The van der Waals surface area contributed by atoms with Gasteiger partial charge in [-0.1, -0.05) is 12.1 Å². The normalized spacial score (nSPS) is 16.6. The molecule has 1 amide bonds. The third-order valence-electron chi connectivity index (χ3n) is 3.55. The highest BCUT2D eigenvalue weighted by atomic mass is 16.5. The van der Waals surface area contributed by atoms with Crippen molar-refractivity contribution in [2.24, 2.45) is 0 Å². The van der Waals surface area contributed by atoms with Gasteiger partial charge in [-0.25, -0.2) is 0 Å². The van der Waals surface area contributed by atoms with Crippen molar-refractivity contribution in [3.63, 3.8) is 0 Å². The summed E-state index contributed by atoms with van der Waals surface area (Å²) >= 11 is 0. The average molecular weight is 258 g/mol. The van der Waals surface area contributed by atoms with Crippen LogP contribution in [0, 0.1) is 11.3 Å². The van der Waals surface area contributed by atoms with Crippen LogP contribution in [0.25, 0.3) is 0 Å². The van der Waals surface area contributed by atoms with E-state index in [0.29, 0.717) is 0 Å². The number of ether oxygens (including phenoxy) is 1. The van der Waals surface area contributed by atoms with Crippen molar-refractivity contribution >= 4 is 5.91 Å². The molecule has 1 aromatic carbocycles. The molecule has 0 atom stereocenters. The lowest BCUT2D eigenvalue weighted by atomic mass is 9.99. The van der Waals surface area contributed by atoms with Gasteiger partial charge in [0.1, 0.15) is 11.3 Å². The molecule has 100 valence electrons. The summed E-state index contributed by atoms with van der Waals surface area (Å²) in [5.41, 5.74) is 0.249. The van der Waals surface area contributed by atoms with Gasteiger partial charge in [0, 0.05) is 0 Å². The maximum Gasteiger partial charge on any atom is 0.225 e. The van der Waals surface area contributed by atoms with E-state index in [-0.39, 0.29) is 12.3 Å². The number of carbonyl (C=O) groups is 1. The molecule has 0 spiro atoms. The summed E-state index contributed by atoms with van der Waals surface area (Å²) in [7, 11) is 1.60. The van der Waals surface area contributed by atoms with E-state index in [1.54, 1.807) is 7.11 Å². The van der Waals surface area contributed by atoms with Crippen molar-refractivity contribution in [2.45, 2.75) is 37.6 Å². The number of nitriles is 1. The van der Waals surface area contributed by atoms with Gasteiger partial charge in [0.15, 0.2) is 0 Å². The Labute approximate surface area is 113 Å². The smallest absolute Gasteiger partial charge is 0.225 e. The first kappa shape index (κ1) is 13.4. The second-order valence-corrected chi connectivity index (χ2v) is 4.98. The fourth-order valence-corrected chi connectivity index (χ4v) is 2.52. The predicted molar refractivity (Wildman–Crippen MR) is 71.7 cm³/mol. The molecule has 19 heavy (non-hydrogen) atoms. The molecule has 1 fully saturated rings. The van der Waals surface area contributed by atoms with Gasteiger partial charge in [0.05, 0.1) is 19.6 Å². The van der Waals surface area contributed by atoms with E-state index in [2.05, 4.69) is 11.4 Å². The summed E-state index contributed by atoms with van der Waals surface area (Å²) in [4.78, 5) is 12.0. The highest BCUT2D eigenvalue weighted by Crippen LogP contribution is 2.29. The first-order chi connectivity index (χ1) is 9.17. The number of methoxy groups -OCH3 is 1. The molecule has 0 radical (unpaired) electrons. The van der Waals surface area contributed by atoms with Crippen LogP contribution >= 0.6 is 0 Å². The Kier molecular flexibility index (Phi) is 4.06. The lowest BCUT2D eigenvalue weighted by molar-refractivity contribution is -0.121. The molecule has 0 bridgehead atoms. The Morgan fingerprint density at radius 3 is 2.84 bits per heavy atom. The lowest BCUT2D eigenvalue weighted by Crippen LogP contribution is -2.45. The van der Waals surface area contributed by atoms with Crippen LogP contribution in [-0.4, -0.2) is 18.6 Å². The van der Waals surface area contributed by atoms with Gasteiger partial charge >= 0.3 is 0 Å². The first-order valence-corrected chi connectivity index (χ1v) is 6.53. The monoisotopic (exact) mass is 258 g/mol. The molecule has 1 aliphatic carbocycles. The minimum atomic E-state index is -0.643. The standard InChI is InChI=1S/C15H18N2O2/c1-19-13-6-4-5-12(9-13)10-14(18)17-15(11-16)7-2-3-8-15/h4-6,9H,2-3,7-8,10H2,1H3,(H,17,18). The summed E-state index contributed by atoms with van der Waals surface area (Å²) in [6.07, 6.45) is 3.81. The fraction of sp³-hybridized carbons (Fsp3) is 0.467. The summed E-state index contributed by atoms with van der Waals surface area (Å²) in [6, 6.07) is 9.69. The van der Waals surface area contributed by atoms with Crippen molar-refractivity contribution < 1.29 is 9.53 Å². The van der Waals surface area contributed by atoms with Crippen LogP contribution in [0.3, 0.4) is 0 Å². The zero-order chi connectivity index (χ0) is 13.7. The number of hydrogen-bond acceptors (Lipinski definition) is 3. The zero-order valence-electron chi connectivity index (χ0n) is 11.1. The van der Waals surface area contributed by atoms with E-state index in [1.165, 1.54) is 0 Å². The summed E-state index contributed by atoms with van der Waals surface area (Å²) < 4.78 is 5.13. The van der Waals surface area contributed by atoms with Gasteiger partial charge in [0.25, 0.3) is 0 Å². The largest absolute Gasteiger partial charge is 0.497 e. The Hall–Kier alpha value is -2.02. The molecule has 2 rings (SSSR count). The van der Waals surface area contributed by atoms with E-state index in [4.69, 9.17) is 4.74 Å². The fourth-order valence-electron chi connectivity index (χ4n) is 2.52. The van der Waals surface area contributed by atoms with Crippen molar-refractivity contribution in [3.05, 3.63) is 29.8 Å². The molecule has 1 aromatic rings. The number of hydrogen-bond donors (Lipinski definition) is 1. The van der Waals surface area contributed by atoms with Crippen LogP contribution < -0.4 is 10.1 Å². The molecule has 1 aliphatic rings. The second kappa shape index (κ2) is 5.75. The minimum Gasteiger partial charge on any atom is -0.497 e. The molecule has 0 aromatic heterocycles. The highest BCUT2D eigenvalue weighted by Gasteiger charge is 2.35. The number of carbonyl (C=O) groups excluding carboxylic acids is 1. The topological polar surface area (TPSA) is 62.1 Å². The van der Waals surface area contributed by atoms with Crippen LogP contribution in [0.15, 0.2) is 24.3 Å². The zero-order valence-corrected chi connectivity index (χ0v) is 11.1. The van der Waals surface area contributed by atoms with Crippen LogP contribution in [0.5, 0.6) is 5.75 Å². The van der Waals surface area contributed by atoms with E-state index in [1.807, 2.05) is 24.3 Å². The highest BCUT2D eigenvalue weighted by molar-refractivity contribution is 5.80. The van der Waals surface area contributed by atoms with Crippen LogP contribution in [-0.2, 0) is 11.2 Å². The number of rotatable bonds is 4. The van der Waals surface area contributed by atoms with Gasteiger partial charge in [-0.3, -0.25) is 4.79 Å². The number of amides is 1. The number of nitrogens with one attached hydrogen (secondary N) is 1. The van der Waals surface area contributed by atoms with E-state index in [0.717, 1.165) is 37.0 Å². The van der Waals surface area contributed by atoms with Crippen LogP contribution in [0.1, 0.15) is 31.2 Å². The summed E-state index contributed by atoms with van der Waals surface area (Å²) in [6.45, 7) is 0. The van der Waals surface area contributed by atoms with E-state index < -0.39 is 5.54 Å². The van der Waals surface area contributed by atoms with Gasteiger partial charge in [-0.05, 0) is 43.4 Å². The van der Waals surface area contributed by atoms with Crippen molar-refractivity contribution in [1.29, 1.82) is 5.26 Å².